The number of amides is 3. The Morgan fingerprint density at radius 1 is 1.31 bits per heavy atom. The van der Waals surface area contributed by atoms with Crippen molar-refractivity contribution < 1.29 is 9.59 Å². The fourth-order valence-corrected chi connectivity index (χ4v) is 3.34. The summed E-state index contributed by atoms with van der Waals surface area (Å²) >= 11 is 0. The normalized spacial score (nSPS) is 17.2. The van der Waals surface area contributed by atoms with Crippen LogP contribution in [-0.2, 0) is 4.79 Å². The van der Waals surface area contributed by atoms with Crippen molar-refractivity contribution in [2.45, 2.75) is 45.1 Å². The van der Waals surface area contributed by atoms with Crippen molar-refractivity contribution in [1.82, 2.24) is 15.1 Å². The number of rotatable bonds is 8. The van der Waals surface area contributed by atoms with Gasteiger partial charge >= 0.3 is 6.03 Å². The number of likely N-dealkylation sites (N-methyl/N-ethyl adjacent to an activating group) is 1. The van der Waals surface area contributed by atoms with E-state index in [1.165, 1.54) is 0 Å². The molecule has 1 heterocycles. The molecule has 0 saturated carbocycles. The van der Waals surface area contributed by atoms with Crippen molar-refractivity contribution in [3.63, 3.8) is 0 Å². The lowest BCUT2D eigenvalue weighted by Crippen LogP contribution is -2.40. The highest BCUT2D eigenvalue weighted by atomic mass is 16.2. The maximum absolute atomic E-state index is 12.2. The zero-order valence-corrected chi connectivity index (χ0v) is 16.4. The van der Waals surface area contributed by atoms with E-state index in [4.69, 9.17) is 0 Å². The fraction of sp³-hybridized carbons (Fsp3) is 0.600. The van der Waals surface area contributed by atoms with Crippen molar-refractivity contribution in [1.29, 1.82) is 0 Å². The SMILES string of the molecule is CC(C)c1ccccc1NC(=O)NCCC1CCC(=O)N1CCN(C)C. The summed E-state index contributed by atoms with van der Waals surface area (Å²) in [4.78, 5) is 28.3. The first-order valence-corrected chi connectivity index (χ1v) is 9.46. The van der Waals surface area contributed by atoms with Crippen molar-refractivity contribution >= 4 is 17.6 Å². The van der Waals surface area contributed by atoms with Gasteiger partial charge in [-0.25, -0.2) is 4.79 Å². The molecule has 1 aliphatic rings. The van der Waals surface area contributed by atoms with Crippen molar-refractivity contribution in [3.05, 3.63) is 29.8 Å². The van der Waals surface area contributed by atoms with Crippen LogP contribution in [0.25, 0.3) is 0 Å². The molecule has 6 heteroatoms. The van der Waals surface area contributed by atoms with Crippen LogP contribution in [-0.4, -0.2) is 61.5 Å². The number of para-hydroxylation sites is 1. The molecule has 0 aliphatic carbocycles. The standard InChI is InChI=1S/C20H32N4O2/c1-15(2)17-7-5-6-8-18(17)22-20(26)21-12-11-16-9-10-19(25)24(16)14-13-23(3)4/h5-8,15-16H,9-14H2,1-4H3,(H2,21,22,26). The molecule has 1 saturated heterocycles. The van der Waals surface area contributed by atoms with E-state index in [0.29, 0.717) is 18.9 Å². The van der Waals surface area contributed by atoms with Crippen LogP contribution in [0.4, 0.5) is 10.5 Å². The van der Waals surface area contributed by atoms with Gasteiger partial charge in [0.1, 0.15) is 0 Å². The number of benzene rings is 1. The van der Waals surface area contributed by atoms with E-state index < -0.39 is 0 Å². The van der Waals surface area contributed by atoms with Crippen LogP contribution in [0.2, 0.25) is 0 Å². The van der Waals surface area contributed by atoms with Crippen LogP contribution < -0.4 is 10.6 Å². The number of nitrogens with one attached hydrogen (secondary N) is 2. The topological polar surface area (TPSA) is 64.7 Å². The van der Waals surface area contributed by atoms with Gasteiger partial charge in [0.15, 0.2) is 0 Å². The molecule has 144 valence electrons. The van der Waals surface area contributed by atoms with Gasteiger partial charge in [0.25, 0.3) is 0 Å². The zero-order valence-electron chi connectivity index (χ0n) is 16.4. The maximum Gasteiger partial charge on any atom is 0.319 e. The van der Waals surface area contributed by atoms with E-state index in [1.54, 1.807) is 0 Å². The molecule has 1 aromatic carbocycles. The van der Waals surface area contributed by atoms with Gasteiger partial charge in [-0.05, 0) is 44.5 Å². The van der Waals surface area contributed by atoms with Gasteiger partial charge in [0.2, 0.25) is 5.91 Å². The minimum absolute atomic E-state index is 0.192. The fourth-order valence-electron chi connectivity index (χ4n) is 3.34. The molecule has 1 unspecified atom stereocenters. The molecule has 6 nitrogen and oxygen atoms in total. The number of nitrogens with zero attached hydrogens (tertiary/aromatic N) is 2. The van der Waals surface area contributed by atoms with Crippen LogP contribution in [0.15, 0.2) is 24.3 Å². The van der Waals surface area contributed by atoms with E-state index in [9.17, 15) is 9.59 Å². The molecule has 0 radical (unpaired) electrons. The van der Waals surface area contributed by atoms with Gasteiger partial charge in [-0.1, -0.05) is 32.0 Å². The summed E-state index contributed by atoms with van der Waals surface area (Å²) in [5, 5.41) is 5.87. The van der Waals surface area contributed by atoms with Crippen molar-refractivity contribution in [2.75, 3.05) is 39.0 Å². The minimum atomic E-state index is -0.192. The summed E-state index contributed by atoms with van der Waals surface area (Å²) < 4.78 is 0. The number of likely N-dealkylation sites (tertiary alicyclic amines) is 1. The molecule has 1 aliphatic heterocycles. The molecule has 0 aromatic heterocycles. The molecular formula is C20H32N4O2. The first-order chi connectivity index (χ1) is 12.4. The Morgan fingerprint density at radius 3 is 2.73 bits per heavy atom. The summed E-state index contributed by atoms with van der Waals surface area (Å²) in [6.07, 6.45) is 2.29. The van der Waals surface area contributed by atoms with Crippen LogP contribution in [0.3, 0.4) is 0 Å². The lowest BCUT2D eigenvalue weighted by molar-refractivity contribution is -0.129. The third-order valence-corrected chi connectivity index (χ3v) is 4.83. The Kier molecular flexibility index (Phi) is 7.45. The summed E-state index contributed by atoms with van der Waals surface area (Å²) in [6, 6.07) is 7.90. The van der Waals surface area contributed by atoms with Crippen LogP contribution in [0.5, 0.6) is 0 Å². The molecule has 1 aromatic rings. The zero-order chi connectivity index (χ0) is 19.1. The molecule has 1 atom stereocenters. The molecule has 26 heavy (non-hydrogen) atoms. The average Bonchev–Trinajstić information content (AvgIpc) is 2.93. The lowest BCUT2D eigenvalue weighted by Gasteiger charge is -2.26. The highest BCUT2D eigenvalue weighted by Gasteiger charge is 2.30. The van der Waals surface area contributed by atoms with Crippen molar-refractivity contribution in [2.24, 2.45) is 0 Å². The predicted octanol–water partition coefficient (Wildman–Crippen LogP) is 2.87. The van der Waals surface area contributed by atoms with Gasteiger partial charge in [0.05, 0.1) is 0 Å². The second-order valence-corrected chi connectivity index (χ2v) is 7.49. The summed E-state index contributed by atoms with van der Waals surface area (Å²) in [5.41, 5.74) is 1.97. The van der Waals surface area contributed by atoms with Gasteiger partial charge in [0, 0.05) is 37.8 Å². The number of anilines is 1. The molecule has 2 rings (SSSR count). The summed E-state index contributed by atoms with van der Waals surface area (Å²) in [7, 11) is 4.02. The number of urea groups is 1. The van der Waals surface area contributed by atoms with Crippen LogP contribution in [0, 0.1) is 0 Å². The molecule has 2 N–H and O–H groups in total. The quantitative estimate of drug-likeness (QED) is 0.749. The van der Waals surface area contributed by atoms with E-state index >= 15 is 0 Å². The van der Waals surface area contributed by atoms with Gasteiger partial charge in [-0.2, -0.15) is 0 Å². The van der Waals surface area contributed by atoms with Gasteiger partial charge in [-0.15, -0.1) is 0 Å². The highest BCUT2D eigenvalue weighted by molar-refractivity contribution is 5.90. The van der Waals surface area contributed by atoms with E-state index in [1.807, 2.05) is 43.3 Å². The summed E-state index contributed by atoms with van der Waals surface area (Å²) in [5.74, 6) is 0.577. The second kappa shape index (κ2) is 9.57. The Morgan fingerprint density at radius 2 is 2.04 bits per heavy atom. The third-order valence-electron chi connectivity index (χ3n) is 4.83. The Bertz CT molecular complexity index is 616. The molecule has 0 spiro atoms. The predicted molar refractivity (Wildman–Crippen MR) is 105 cm³/mol. The molecule has 0 bridgehead atoms. The third kappa shape index (κ3) is 5.73. The maximum atomic E-state index is 12.2. The minimum Gasteiger partial charge on any atom is -0.338 e. The average molecular weight is 361 g/mol. The second-order valence-electron chi connectivity index (χ2n) is 7.49. The van der Waals surface area contributed by atoms with Crippen LogP contribution >= 0.6 is 0 Å². The van der Waals surface area contributed by atoms with Gasteiger partial charge in [-0.3, -0.25) is 4.79 Å². The number of carbonyl (C=O) groups excluding carboxylic acids is 2. The monoisotopic (exact) mass is 360 g/mol. The summed E-state index contributed by atoms with van der Waals surface area (Å²) in [6.45, 7) is 6.40. The van der Waals surface area contributed by atoms with Crippen LogP contribution in [0.1, 0.15) is 44.6 Å². The van der Waals surface area contributed by atoms with Gasteiger partial charge < -0.3 is 20.4 Å². The lowest BCUT2D eigenvalue weighted by atomic mass is 10.0. The molecular weight excluding hydrogens is 328 g/mol. The number of hydrogen-bond donors (Lipinski definition) is 2. The first kappa shape index (κ1) is 20.2. The Balaban J connectivity index is 1.80. The smallest absolute Gasteiger partial charge is 0.319 e. The van der Waals surface area contributed by atoms with E-state index in [2.05, 4.69) is 29.4 Å². The molecule has 1 fully saturated rings. The van der Waals surface area contributed by atoms with E-state index in [-0.39, 0.29) is 18.0 Å². The molecule has 3 amide bonds. The number of carbonyl (C=O) groups is 2. The first-order valence-electron chi connectivity index (χ1n) is 9.46. The van der Waals surface area contributed by atoms with E-state index in [0.717, 1.165) is 37.2 Å². The van der Waals surface area contributed by atoms with Crippen molar-refractivity contribution in [3.8, 4) is 0 Å². The highest BCUT2D eigenvalue weighted by Crippen LogP contribution is 2.23. The Labute approximate surface area is 156 Å². The Hall–Kier alpha value is -2.08. The number of hydrogen-bond acceptors (Lipinski definition) is 3. The largest absolute Gasteiger partial charge is 0.338 e.